The molecule has 1 aromatic carbocycles. The van der Waals surface area contributed by atoms with Gasteiger partial charge in [-0.25, -0.2) is 4.98 Å². The molecule has 0 fully saturated rings. The number of anilines is 1. The molecule has 1 amide bonds. The molecule has 8 nitrogen and oxygen atoms in total. The van der Waals surface area contributed by atoms with Crippen LogP contribution < -0.4 is 15.6 Å². The number of hydrogen-bond donors (Lipinski definition) is 1. The van der Waals surface area contributed by atoms with Crippen molar-refractivity contribution in [1.29, 1.82) is 0 Å². The van der Waals surface area contributed by atoms with Crippen LogP contribution in [0.4, 0.5) is 5.88 Å². The number of aromatic nitrogens is 3. The normalized spacial score (nSPS) is 14.1. The van der Waals surface area contributed by atoms with E-state index in [-0.39, 0.29) is 17.4 Å². The van der Waals surface area contributed by atoms with Crippen molar-refractivity contribution in [2.24, 2.45) is 0 Å². The molecule has 1 N–H and O–H groups in total. The molecule has 1 aliphatic rings. The maximum atomic E-state index is 13.9. The maximum Gasteiger partial charge on any atom is 0.267 e. The predicted molar refractivity (Wildman–Crippen MR) is 134 cm³/mol. The number of aryl methyl sites for hydroxylation is 3. The van der Waals surface area contributed by atoms with E-state index in [2.05, 4.69) is 10.5 Å². The lowest BCUT2D eigenvalue weighted by Gasteiger charge is -2.17. The summed E-state index contributed by atoms with van der Waals surface area (Å²) in [6.07, 6.45) is 4.06. The Bertz CT molecular complexity index is 1440. The summed E-state index contributed by atoms with van der Waals surface area (Å²) in [6, 6.07) is 9.01. The molecule has 0 radical (unpaired) electrons. The number of thiophene rings is 1. The molecule has 0 bridgehead atoms. The number of amides is 1. The number of nitrogens with one attached hydrogen (secondary N) is 1. The van der Waals surface area contributed by atoms with Gasteiger partial charge in [-0.2, -0.15) is 0 Å². The lowest BCUT2D eigenvalue weighted by atomic mass is 9.97. The molecule has 0 saturated carbocycles. The van der Waals surface area contributed by atoms with E-state index in [1.54, 1.807) is 42.9 Å². The average molecular weight is 497 g/mol. The molecule has 3 aromatic heterocycles. The molecule has 10 heteroatoms. The first kappa shape index (κ1) is 22.7. The van der Waals surface area contributed by atoms with Crippen molar-refractivity contribution < 1.29 is 14.1 Å². The molecule has 1 aliphatic carbocycles. The van der Waals surface area contributed by atoms with E-state index in [1.165, 1.54) is 16.6 Å². The van der Waals surface area contributed by atoms with Gasteiger partial charge < -0.3 is 9.26 Å². The van der Waals surface area contributed by atoms with Crippen LogP contribution in [-0.2, 0) is 17.6 Å². The summed E-state index contributed by atoms with van der Waals surface area (Å²) in [6.45, 7) is 3.55. The highest BCUT2D eigenvalue weighted by molar-refractivity contribution is 8.00. The minimum Gasteiger partial charge on any atom is -0.495 e. The van der Waals surface area contributed by atoms with Crippen LogP contribution in [0.1, 0.15) is 35.9 Å². The summed E-state index contributed by atoms with van der Waals surface area (Å²) < 4.78 is 12.2. The van der Waals surface area contributed by atoms with Crippen molar-refractivity contribution in [3.63, 3.8) is 0 Å². The number of carbonyl (C=O) groups is 1. The summed E-state index contributed by atoms with van der Waals surface area (Å²) in [4.78, 5) is 33.6. The summed E-state index contributed by atoms with van der Waals surface area (Å²) in [7, 11) is 1.57. The van der Waals surface area contributed by atoms with Crippen LogP contribution in [0.3, 0.4) is 0 Å². The van der Waals surface area contributed by atoms with E-state index < -0.39 is 5.25 Å². The third kappa shape index (κ3) is 4.12. The topological polar surface area (TPSA) is 99.2 Å². The lowest BCUT2D eigenvalue weighted by molar-refractivity contribution is -0.115. The number of thioether (sulfide) groups is 1. The lowest BCUT2D eigenvalue weighted by Crippen LogP contribution is -2.26. The number of fused-ring (bicyclic) bond motifs is 3. The molecule has 4 aromatic rings. The second-order valence-corrected chi connectivity index (χ2v) is 10.6. The fourth-order valence-electron chi connectivity index (χ4n) is 4.15. The van der Waals surface area contributed by atoms with Gasteiger partial charge in [0.1, 0.15) is 10.6 Å². The summed E-state index contributed by atoms with van der Waals surface area (Å²) >= 11 is 2.81. The summed E-state index contributed by atoms with van der Waals surface area (Å²) in [5, 5.41) is 7.10. The van der Waals surface area contributed by atoms with Gasteiger partial charge in [-0.15, -0.1) is 11.3 Å². The zero-order valence-electron chi connectivity index (χ0n) is 19.1. The Balaban J connectivity index is 1.61. The fraction of sp³-hybridized carbons (Fsp3) is 0.333. The van der Waals surface area contributed by atoms with Gasteiger partial charge in [0.15, 0.2) is 5.16 Å². The zero-order valence-corrected chi connectivity index (χ0v) is 20.7. The van der Waals surface area contributed by atoms with Crippen LogP contribution in [-0.4, -0.2) is 33.0 Å². The van der Waals surface area contributed by atoms with Crippen LogP contribution in [0, 0.1) is 6.92 Å². The molecular formula is C24H24N4O4S2. The van der Waals surface area contributed by atoms with Gasteiger partial charge in [0, 0.05) is 10.9 Å². The number of para-hydroxylation sites is 2. The van der Waals surface area contributed by atoms with Crippen LogP contribution in [0.5, 0.6) is 5.75 Å². The van der Waals surface area contributed by atoms with Crippen LogP contribution in [0.2, 0.25) is 0 Å². The van der Waals surface area contributed by atoms with Gasteiger partial charge in [-0.05, 0) is 57.2 Å². The van der Waals surface area contributed by atoms with Crippen molar-refractivity contribution in [1.82, 2.24) is 14.7 Å². The Kier molecular flexibility index (Phi) is 6.18. The van der Waals surface area contributed by atoms with E-state index in [0.717, 1.165) is 36.1 Å². The van der Waals surface area contributed by atoms with Crippen molar-refractivity contribution >= 4 is 45.1 Å². The van der Waals surface area contributed by atoms with Crippen LogP contribution in [0.25, 0.3) is 15.9 Å². The van der Waals surface area contributed by atoms with Crippen molar-refractivity contribution in [3.8, 4) is 11.4 Å². The van der Waals surface area contributed by atoms with Crippen LogP contribution in [0.15, 0.2) is 44.8 Å². The number of rotatable bonds is 6. The van der Waals surface area contributed by atoms with Crippen molar-refractivity contribution in [2.45, 2.75) is 49.9 Å². The minimum absolute atomic E-state index is 0.130. The second kappa shape index (κ2) is 9.27. The first-order chi connectivity index (χ1) is 16.5. The molecular weight excluding hydrogens is 472 g/mol. The Hall–Kier alpha value is -3.11. The molecule has 0 spiro atoms. The summed E-state index contributed by atoms with van der Waals surface area (Å²) in [5.74, 6) is 0.574. The third-order valence-corrected chi connectivity index (χ3v) is 8.05. The number of methoxy groups -OCH3 is 1. The summed E-state index contributed by atoms with van der Waals surface area (Å²) in [5.41, 5.74) is 2.26. The molecule has 3 heterocycles. The highest BCUT2D eigenvalue weighted by Crippen LogP contribution is 2.36. The monoisotopic (exact) mass is 496 g/mol. The second-order valence-electron chi connectivity index (χ2n) is 8.18. The highest BCUT2D eigenvalue weighted by Gasteiger charge is 2.26. The average Bonchev–Trinajstić information content (AvgIpc) is 3.41. The predicted octanol–water partition coefficient (Wildman–Crippen LogP) is 4.75. The number of benzene rings is 1. The SMILES string of the molecule is COc1ccccc1-n1c(SC(C)C(=O)Nc2cc(C)no2)nc2sc3c(c2c1=O)CCCC3. The Morgan fingerprint density at radius 3 is 2.85 bits per heavy atom. The quantitative estimate of drug-likeness (QED) is 0.304. The Morgan fingerprint density at radius 1 is 1.29 bits per heavy atom. The number of hydrogen-bond acceptors (Lipinski definition) is 8. The van der Waals surface area contributed by atoms with E-state index in [1.807, 2.05) is 24.3 Å². The van der Waals surface area contributed by atoms with Gasteiger partial charge in [-0.1, -0.05) is 29.1 Å². The van der Waals surface area contributed by atoms with Gasteiger partial charge >= 0.3 is 0 Å². The number of ether oxygens (including phenoxy) is 1. The molecule has 0 saturated heterocycles. The number of nitrogens with zero attached hydrogens (tertiary/aromatic N) is 3. The zero-order chi connectivity index (χ0) is 23.8. The van der Waals surface area contributed by atoms with E-state index in [9.17, 15) is 9.59 Å². The smallest absolute Gasteiger partial charge is 0.267 e. The Labute approximate surface area is 204 Å². The molecule has 1 unspecified atom stereocenters. The maximum absolute atomic E-state index is 13.9. The van der Waals surface area contributed by atoms with E-state index in [4.69, 9.17) is 14.2 Å². The van der Waals surface area contributed by atoms with Gasteiger partial charge in [0.25, 0.3) is 5.56 Å². The number of carbonyl (C=O) groups excluding carboxylic acids is 1. The minimum atomic E-state index is -0.551. The van der Waals surface area contributed by atoms with Crippen LogP contribution >= 0.6 is 23.1 Å². The first-order valence-corrected chi connectivity index (χ1v) is 12.8. The van der Waals surface area contributed by atoms with Crippen molar-refractivity contribution in [3.05, 3.63) is 56.8 Å². The standard InChI is InChI=1S/C24H24N4O4S2/c1-13-12-19(32-27-13)25-21(29)14(2)33-24-26-22-20(15-8-4-7-11-18(15)34-22)23(30)28(24)16-9-5-6-10-17(16)31-3/h5-6,9-10,12,14H,4,7-8,11H2,1-3H3,(H,25,29). The molecule has 0 aliphatic heterocycles. The Morgan fingerprint density at radius 2 is 2.09 bits per heavy atom. The van der Waals surface area contributed by atoms with Gasteiger partial charge in [0.2, 0.25) is 11.8 Å². The highest BCUT2D eigenvalue weighted by atomic mass is 32.2. The molecule has 176 valence electrons. The third-order valence-electron chi connectivity index (χ3n) is 5.81. The van der Waals surface area contributed by atoms with Gasteiger partial charge in [0.05, 0.1) is 29.1 Å². The molecule has 5 rings (SSSR count). The van der Waals surface area contributed by atoms with E-state index >= 15 is 0 Å². The van der Waals surface area contributed by atoms with E-state index in [0.29, 0.717) is 27.7 Å². The fourth-order valence-corrected chi connectivity index (χ4v) is 6.37. The largest absolute Gasteiger partial charge is 0.495 e. The first-order valence-electron chi connectivity index (χ1n) is 11.1. The van der Waals surface area contributed by atoms with Crippen molar-refractivity contribution in [2.75, 3.05) is 12.4 Å². The van der Waals surface area contributed by atoms with Gasteiger partial charge in [-0.3, -0.25) is 19.5 Å². The molecule has 1 atom stereocenters. The molecule has 34 heavy (non-hydrogen) atoms.